The molecule has 2 aromatic heterocycles. The molecule has 0 spiro atoms. The molecular formula is C21H18N2O. The first-order valence-electron chi connectivity index (χ1n) is 8.12. The Bertz CT molecular complexity index is 1020. The number of benzene rings is 2. The molecule has 0 bridgehead atoms. The van der Waals surface area contributed by atoms with Crippen LogP contribution in [0.4, 0.5) is 0 Å². The summed E-state index contributed by atoms with van der Waals surface area (Å²) in [6.45, 7) is 4.07. The van der Waals surface area contributed by atoms with Crippen LogP contribution in [0.2, 0.25) is 0 Å². The molecule has 0 radical (unpaired) electrons. The molecule has 118 valence electrons. The van der Waals surface area contributed by atoms with Crippen molar-refractivity contribution in [3.8, 4) is 16.9 Å². The lowest BCUT2D eigenvalue weighted by atomic mass is 9.98. The van der Waals surface area contributed by atoms with Gasteiger partial charge < -0.3 is 4.74 Å². The van der Waals surface area contributed by atoms with Gasteiger partial charge in [-0.05, 0) is 38.1 Å². The molecule has 0 unspecified atom stereocenters. The quantitative estimate of drug-likeness (QED) is 0.519. The Morgan fingerprint density at radius 2 is 1.42 bits per heavy atom. The van der Waals surface area contributed by atoms with Crippen molar-refractivity contribution in [1.29, 1.82) is 0 Å². The molecular weight excluding hydrogens is 296 g/mol. The van der Waals surface area contributed by atoms with E-state index in [1.165, 1.54) is 0 Å². The average molecular weight is 314 g/mol. The topological polar surface area (TPSA) is 35.0 Å². The van der Waals surface area contributed by atoms with E-state index in [9.17, 15) is 0 Å². The van der Waals surface area contributed by atoms with E-state index in [0.29, 0.717) is 0 Å². The third-order valence-electron chi connectivity index (χ3n) is 4.00. The molecule has 0 aliphatic carbocycles. The minimum atomic E-state index is 0.0906. The maximum absolute atomic E-state index is 6.09. The molecule has 4 rings (SSSR count). The summed E-state index contributed by atoms with van der Waals surface area (Å²) in [7, 11) is 0. The number of fused-ring (bicyclic) bond motifs is 2. The molecule has 0 aliphatic heterocycles. The van der Waals surface area contributed by atoms with Crippen molar-refractivity contribution in [1.82, 2.24) is 9.97 Å². The van der Waals surface area contributed by atoms with E-state index >= 15 is 0 Å². The molecule has 0 N–H and O–H groups in total. The highest BCUT2D eigenvalue weighted by molar-refractivity contribution is 6.04. The molecule has 0 atom stereocenters. The standard InChI is InChI=1S/C21H18N2O/c1-14(2)24-18-11-10-16-8-5-13-23-21(16)19(18)17-9-3-6-15-7-4-12-22-20(15)17/h3-14H,1-2H3. The van der Waals surface area contributed by atoms with Gasteiger partial charge in [0.05, 0.1) is 22.7 Å². The Morgan fingerprint density at radius 3 is 2.17 bits per heavy atom. The van der Waals surface area contributed by atoms with E-state index in [1.807, 2.05) is 44.4 Å². The van der Waals surface area contributed by atoms with E-state index in [1.54, 1.807) is 0 Å². The van der Waals surface area contributed by atoms with Gasteiger partial charge in [-0.1, -0.05) is 30.3 Å². The van der Waals surface area contributed by atoms with Gasteiger partial charge in [-0.3, -0.25) is 9.97 Å². The first kappa shape index (κ1) is 14.6. The average Bonchev–Trinajstić information content (AvgIpc) is 2.61. The van der Waals surface area contributed by atoms with Crippen molar-refractivity contribution in [2.24, 2.45) is 0 Å². The van der Waals surface area contributed by atoms with Crippen LogP contribution in [0.25, 0.3) is 32.9 Å². The van der Waals surface area contributed by atoms with Crippen molar-refractivity contribution in [3.63, 3.8) is 0 Å². The van der Waals surface area contributed by atoms with Gasteiger partial charge in [0.25, 0.3) is 0 Å². The smallest absolute Gasteiger partial charge is 0.129 e. The van der Waals surface area contributed by atoms with Crippen LogP contribution >= 0.6 is 0 Å². The van der Waals surface area contributed by atoms with E-state index in [4.69, 9.17) is 4.74 Å². The van der Waals surface area contributed by atoms with Crippen molar-refractivity contribution in [2.45, 2.75) is 20.0 Å². The number of ether oxygens (including phenoxy) is 1. The third kappa shape index (κ3) is 2.48. The van der Waals surface area contributed by atoms with Gasteiger partial charge in [0.1, 0.15) is 5.75 Å². The second kappa shape index (κ2) is 5.93. The lowest BCUT2D eigenvalue weighted by Crippen LogP contribution is -2.07. The zero-order valence-corrected chi connectivity index (χ0v) is 13.7. The summed E-state index contributed by atoms with van der Waals surface area (Å²) in [4.78, 5) is 9.23. The number of rotatable bonds is 3. The molecule has 0 amide bonds. The van der Waals surface area contributed by atoms with E-state index in [2.05, 4.69) is 46.4 Å². The van der Waals surface area contributed by atoms with Crippen LogP contribution < -0.4 is 4.74 Å². The normalized spacial score (nSPS) is 11.3. The maximum atomic E-state index is 6.09. The highest BCUT2D eigenvalue weighted by Gasteiger charge is 2.16. The van der Waals surface area contributed by atoms with Crippen molar-refractivity contribution in [2.75, 3.05) is 0 Å². The zero-order chi connectivity index (χ0) is 16.5. The molecule has 0 aliphatic rings. The van der Waals surface area contributed by atoms with Gasteiger partial charge in [0.2, 0.25) is 0 Å². The minimum absolute atomic E-state index is 0.0906. The Morgan fingerprint density at radius 1 is 0.750 bits per heavy atom. The van der Waals surface area contributed by atoms with Crippen LogP contribution in [0.3, 0.4) is 0 Å². The molecule has 3 nitrogen and oxygen atoms in total. The summed E-state index contributed by atoms with van der Waals surface area (Å²) in [5, 5.41) is 2.20. The third-order valence-corrected chi connectivity index (χ3v) is 4.00. The van der Waals surface area contributed by atoms with Crippen molar-refractivity contribution < 1.29 is 4.74 Å². The van der Waals surface area contributed by atoms with Crippen LogP contribution in [0, 0.1) is 0 Å². The molecule has 4 aromatic rings. The lowest BCUT2D eigenvalue weighted by molar-refractivity contribution is 0.244. The number of hydrogen-bond acceptors (Lipinski definition) is 3. The van der Waals surface area contributed by atoms with Crippen LogP contribution in [0.15, 0.2) is 67.0 Å². The Labute approximate surface area is 140 Å². The van der Waals surface area contributed by atoms with Gasteiger partial charge in [-0.15, -0.1) is 0 Å². The second-order valence-electron chi connectivity index (χ2n) is 6.06. The monoisotopic (exact) mass is 314 g/mol. The van der Waals surface area contributed by atoms with Gasteiger partial charge in [-0.2, -0.15) is 0 Å². The van der Waals surface area contributed by atoms with Crippen molar-refractivity contribution in [3.05, 3.63) is 67.0 Å². The van der Waals surface area contributed by atoms with Crippen LogP contribution in [0.1, 0.15) is 13.8 Å². The zero-order valence-electron chi connectivity index (χ0n) is 13.7. The Balaban J connectivity index is 2.10. The maximum Gasteiger partial charge on any atom is 0.129 e. The molecule has 2 heterocycles. The summed E-state index contributed by atoms with van der Waals surface area (Å²) in [5.41, 5.74) is 3.96. The number of aromatic nitrogens is 2. The summed E-state index contributed by atoms with van der Waals surface area (Å²) in [6.07, 6.45) is 3.74. The fourth-order valence-electron chi connectivity index (χ4n) is 3.04. The van der Waals surface area contributed by atoms with Crippen LogP contribution in [-0.4, -0.2) is 16.1 Å². The molecule has 0 fully saturated rings. The van der Waals surface area contributed by atoms with E-state index in [-0.39, 0.29) is 6.10 Å². The summed E-state index contributed by atoms with van der Waals surface area (Å²) >= 11 is 0. The second-order valence-corrected chi connectivity index (χ2v) is 6.06. The Kier molecular flexibility index (Phi) is 3.62. The number of nitrogens with zero attached hydrogens (tertiary/aromatic N) is 2. The Hall–Kier alpha value is -2.94. The highest BCUT2D eigenvalue weighted by Crippen LogP contribution is 2.39. The van der Waals surface area contributed by atoms with Crippen LogP contribution in [-0.2, 0) is 0 Å². The first-order chi connectivity index (χ1) is 11.7. The van der Waals surface area contributed by atoms with Crippen LogP contribution in [0.5, 0.6) is 5.75 Å². The first-order valence-corrected chi connectivity index (χ1v) is 8.12. The molecule has 2 aromatic carbocycles. The van der Waals surface area contributed by atoms with Gasteiger partial charge in [-0.25, -0.2) is 0 Å². The van der Waals surface area contributed by atoms with Gasteiger partial charge in [0.15, 0.2) is 0 Å². The summed E-state index contributed by atoms with van der Waals surface area (Å²) in [5.74, 6) is 0.842. The van der Waals surface area contributed by atoms with Gasteiger partial charge in [0, 0.05) is 28.7 Å². The lowest BCUT2D eigenvalue weighted by Gasteiger charge is -2.17. The minimum Gasteiger partial charge on any atom is -0.490 e. The molecule has 3 heteroatoms. The number of hydrogen-bond donors (Lipinski definition) is 0. The molecule has 0 saturated carbocycles. The van der Waals surface area contributed by atoms with Crippen molar-refractivity contribution >= 4 is 21.8 Å². The van der Waals surface area contributed by atoms with E-state index in [0.717, 1.165) is 38.7 Å². The molecule has 24 heavy (non-hydrogen) atoms. The van der Waals surface area contributed by atoms with E-state index < -0.39 is 0 Å². The SMILES string of the molecule is CC(C)Oc1ccc2cccnc2c1-c1cccc2cccnc12. The predicted octanol–water partition coefficient (Wildman–Crippen LogP) is 5.24. The summed E-state index contributed by atoms with van der Waals surface area (Å²) < 4.78 is 6.09. The number of pyridine rings is 2. The van der Waals surface area contributed by atoms with Gasteiger partial charge >= 0.3 is 0 Å². The predicted molar refractivity (Wildman–Crippen MR) is 98.2 cm³/mol. The highest BCUT2D eigenvalue weighted by atomic mass is 16.5. The fraction of sp³-hybridized carbons (Fsp3) is 0.143. The summed E-state index contributed by atoms with van der Waals surface area (Å²) in [6, 6.07) is 18.4. The number of para-hydroxylation sites is 1. The fourth-order valence-corrected chi connectivity index (χ4v) is 3.04. The largest absolute Gasteiger partial charge is 0.490 e. The molecule has 0 saturated heterocycles.